The molecule has 12 heteroatoms. The number of hydrogen-bond donors (Lipinski definition) is 0. The van der Waals surface area contributed by atoms with Crippen molar-refractivity contribution in [3.05, 3.63) is 103 Å². The third kappa shape index (κ3) is 8.68. The maximum atomic E-state index is 5.62. The van der Waals surface area contributed by atoms with Crippen LogP contribution in [0.5, 0.6) is 0 Å². The highest BCUT2D eigenvalue weighted by Gasteiger charge is 2.28. The van der Waals surface area contributed by atoms with Crippen LogP contribution < -0.4 is 0 Å². The van der Waals surface area contributed by atoms with Gasteiger partial charge in [0.15, 0.2) is 0 Å². The largest absolute Gasteiger partial charge is 0.424 e. The molecule has 0 bridgehead atoms. The standard InChI is InChI=1S/C13H7Br3N2O.C7H5Cl3.C4H4N2O/c14-13(15,16)12-18-17-11(19-12)10-6-5-8-3-1-2-4-9(8)7-10;8-7(9,10)6-4-2-1-3-5-6;1-2-4-6-5-3-7-4/h1-7H;1-5H;2-3H,1H2. The molecule has 0 aliphatic carbocycles. The average molecular weight is 738 g/mol. The molecule has 5 rings (SSSR count). The fourth-order valence-electron chi connectivity index (χ4n) is 2.67. The Labute approximate surface area is 247 Å². The van der Waals surface area contributed by atoms with Crippen molar-refractivity contribution in [2.75, 3.05) is 0 Å². The van der Waals surface area contributed by atoms with E-state index in [2.05, 4.69) is 91.3 Å². The van der Waals surface area contributed by atoms with Gasteiger partial charge in [-0.2, -0.15) is 0 Å². The first-order valence-corrected chi connectivity index (χ1v) is 13.5. The topological polar surface area (TPSA) is 77.8 Å². The molecule has 0 N–H and O–H groups in total. The van der Waals surface area contributed by atoms with Crippen LogP contribution in [0.1, 0.15) is 17.3 Å². The SMILES string of the molecule is BrC(Br)(Br)c1nnc(-c2ccc3ccccc3c2)o1.C=Cc1nnco1.ClC(Cl)(Cl)c1ccccc1. The number of aromatic nitrogens is 4. The normalized spacial score (nSPS) is 11.2. The molecule has 3 aromatic carbocycles. The first-order chi connectivity index (χ1) is 17.1. The number of rotatable bonds is 2. The predicted molar refractivity (Wildman–Crippen MR) is 156 cm³/mol. The molecule has 0 aliphatic heterocycles. The fraction of sp³-hybridized carbons (Fsp3) is 0.0833. The second kappa shape index (κ2) is 13.2. The zero-order valence-corrected chi connectivity index (χ0v) is 25.2. The Morgan fingerprint density at radius 1 is 0.806 bits per heavy atom. The van der Waals surface area contributed by atoms with Crippen LogP contribution >= 0.6 is 82.6 Å². The minimum Gasteiger partial charge on any atom is -0.424 e. The molecule has 0 radical (unpaired) electrons. The van der Waals surface area contributed by atoms with Crippen molar-refractivity contribution in [3.8, 4) is 11.5 Å². The molecule has 2 aromatic heterocycles. The number of fused-ring (bicyclic) bond motifs is 1. The molecule has 2 heterocycles. The Morgan fingerprint density at radius 3 is 1.97 bits per heavy atom. The summed E-state index contributed by atoms with van der Waals surface area (Å²) in [5.74, 6) is 1.36. The Balaban J connectivity index is 0.000000177. The van der Waals surface area contributed by atoms with Crippen LogP contribution in [-0.2, 0) is 5.94 Å². The summed E-state index contributed by atoms with van der Waals surface area (Å²) in [5.41, 5.74) is 1.59. The number of benzene rings is 3. The molecular formula is C24H16Br3Cl3N4O2. The van der Waals surface area contributed by atoms with Crippen molar-refractivity contribution in [1.82, 2.24) is 20.4 Å². The molecule has 186 valence electrons. The lowest BCUT2D eigenvalue weighted by atomic mass is 10.1. The summed E-state index contributed by atoms with van der Waals surface area (Å²) in [6.07, 6.45) is 2.75. The molecule has 0 saturated heterocycles. The van der Waals surface area contributed by atoms with Crippen LogP contribution in [0.4, 0.5) is 0 Å². The number of nitrogens with zero attached hydrogens (tertiary/aromatic N) is 4. The lowest BCUT2D eigenvalue weighted by Crippen LogP contribution is -1.98. The highest BCUT2D eigenvalue weighted by Crippen LogP contribution is 2.44. The Hall–Kier alpha value is -1.75. The van der Waals surface area contributed by atoms with Crippen molar-refractivity contribution >= 4 is 99.4 Å². The maximum absolute atomic E-state index is 5.62. The molecule has 0 spiro atoms. The van der Waals surface area contributed by atoms with Gasteiger partial charge in [-0.1, -0.05) is 102 Å². The fourth-order valence-corrected chi connectivity index (χ4v) is 3.53. The molecular weight excluding hydrogens is 722 g/mol. The molecule has 6 nitrogen and oxygen atoms in total. The number of alkyl halides is 6. The Kier molecular flexibility index (Phi) is 10.5. The van der Waals surface area contributed by atoms with Gasteiger partial charge in [-0.15, -0.1) is 20.4 Å². The van der Waals surface area contributed by atoms with Gasteiger partial charge in [-0.3, -0.25) is 0 Å². The van der Waals surface area contributed by atoms with Crippen LogP contribution in [0.2, 0.25) is 0 Å². The van der Waals surface area contributed by atoms with Gasteiger partial charge in [0, 0.05) is 11.1 Å². The molecule has 0 aliphatic rings. The summed E-state index contributed by atoms with van der Waals surface area (Å²) in [6, 6.07) is 23.3. The second-order valence-corrected chi connectivity index (χ2v) is 15.9. The first-order valence-electron chi connectivity index (χ1n) is 9.98. The molecule has 0 fully saturated rings. The van der Waals surface area contributed by atoms with Crippen LogP contribution in [0.15, 0.2) is 94.6 Å². The zero-order valence-electron chi connectivity index (χ0n) is 18.2. The Morgan fingerprint density at radius 2 is 1.47 bits per heavy atom. The number of hydrogen-bond acceptors (Lipinski definition) is 6. The van der Waals surface area contributed by atoms with Crippen molar-refractivity contribution in [2.45, 2.75) is 5.94 Å². The van der Waals surface area contributed by atoms with Crippen molar-refractivity contribution in [3.63, 3.8) is 0 Å². The van der Waals surface area contributed by atoms with Crippen LogP contribution in [0, 0.1) is 0 Å². The van der Waals surface area contributed by atoms with Crippen molar-refractivity contribution in [1.29, 1.82) is 0 Å². The van der Waals surface area contributed by atoms with Gasteiger partial charge in [-0.05, 0) is 76.8 Å². The molecule has 0 saturated carbocycles. The van der Waals surface area contributed by atoms with Crippen LogP contribution in [0.25, 0.3) is 28.3 Å². The van der Waals surface area contributed by atoms with E-state index in [0.29, 0.717) is 23.2 Å². The predicted octanol–water partition coefficient (Wildman–Crippen LogP) is 9.41. The van der Waals surface area contributed by atoms with E-state index in [4.69, 9.17) is 39.2 Å². The first kappa shape index (κ1) is 28.8. The summed E-state index contributed by atoms with van der Waals surface area (Å²) in [5, 5.41) is 17.3. The smallest absolute Gasteiger partial charge is 0.255 e. The van der Waals surface area contributed by atoms with Gasteiger partial charge in [0.05, 0.1) is 0 Å². The zero-order chi connectivity index (χ0) is 26.2. The second-order valence-electron chi connectivity index (χ2n) is 6.82. The highest BCUT2D eigenvalue weighted by atomic mass is 80.0. The van der Waals surface area contributed by atoms with Gasteiger partial charge in [0.1, 0.15) is 0 Å². The average Bonchev–Trinajstić information content (AvgIpc) is 3.57. The molecule has 0 unspecified atom stereocenters. The maximum Gasteiger partial charge on any atom is 0.255 e. The molecule has 5 aromatic rings. The lowest BCUT2D eigenvalue weighted by Gasteiger charge is -2.09. The number of halogens is 6. The van der Waals surface area contributed by atoms with Gasteiger partial charge in [-0.25, -0.2) is 0 Å². The highest BCUT2D eigenvalue weighted by molar-refractivity contribution is 9.38. The van der Waals surface area contributed by atoms with E-state index >= 15 is 0 Å². The van der Waals surface area contributed by atoms with E-state index in [9.17, 15) is 0 Å². The van der Waals surface area contributed by atoms with E-state index in [-0.39, 0.29) is 0 Å². The van der Waals surface area contributed by atoms with Crippen molar-refractivity contribution in [2.24, 2.45) is 0 Å². The van der Waals surface area contributed by atoms with Crippen molar-refractivity contribution < 1.29 is 8.83 Å². The summed E-state index contributed by atoms with van der Waals surface area (Å²) >= 11 is 26.8. The van der Waals surface area contributed by atoms with Gasteiger partial charge < -0.3 is 8.83 Å². The van der Waals surface area contributed by atoms with Gasteiger partial charge >= 0.3 is 0 Å². The molecule has 36 heavy (non-hydrogen) atoms. The van der Waals surface area contributed by atoms with E-state index < -0.39 is 5.94 Å². The summed E-state index contributed by atoms with van der Waals surface area (Å²) in [6.45, 7) is 3.41. The lowest BCUT2D eigenvalue weighted by molar-refractivity contribution is 0.524. The summed E-state index contributed by atoms with van der Waals surface area (Å²) in [7, 11) is 0. The third-order valence-electron chi connectivity index (χ3n) is 4.32. The monoisotopic (exact) mass is 734 g/mol. The van der Waals surface area contributed by atoms with E-state index in [1.807, 2.05) is 48.5 Å². The Bertz CT molecular complexity index is 1390. The van der Waals surface area contributed by atoms with Gasteiger partial charge in [0.2, 0.25) is 24.1 Å². The van der Waals surface area contributed by atoms with Crippen LogP contribution in [-0.4, -0.2) is 20.4 Å². The van der Waals surface area contributed by atoms with Crippen LogP contribution in [0.3, 0.4) is 0 Å². The van der Waals surface area contributed by atoms with E-state index in [1.165, 1.54) is 17.9 Å². The minimum atomic E-state index is -1.29. The molecule has 0 amide bonds. The third-order valence-corrected chi connectivity index (χ3v) is 5.99. The summed E-state index contributed by atoms with van der Waals surface area (Å²) in [4.78, 5) is 0. The van der Waals surface area contributed by atoms with E-state index in [1.54, 1.807) is 12.1 Å². The summed E-state index contributed by atoms with van der Waals surface area (Å²) < 4.78 is 8.29. The molecule has 0 atom stereocenters. The van der Waals surface area contributed by atoms with E-state index in [0.717, 1.165) is 10.9 Å². The quantitative estimate of drug-likeness (QED) is 0.168. The minimum absolute atomic E-state index is 0.413. The van der Waals surface area contributed by atoms with Gasteiger partial charge in [0.25, 0.3) is 5.89 Å².